The molecule has 0 aliphatic rings. The van der Waals surface area contributed by atoms with E-state index in [4.69, 9.17) is 23.3 Å². The first-order valence-electron chi connectivity index (χ1n) is 25.5. The average molecular weight is 947 g/mol. The van der Waals surface area contributed by atoms with Gasteiger partial charge in [-0.25, -0.2) is 4.57 Å². The molecule has 0 aromatic carbocycles. The molecule has 0 aliphatic carbocycles. The zero-order chi connectivity index (χ0) is 48.4. The lowest BCUT2D eigenvalue weighted by molar-refractivity contribution is -0.161. The quantitative estimate of drug-likeness (QED) is 0.0197. The number of unbranched alkanes of at least 4 members (excludes halogenated alkanes) is 15. The van der Waals surface area contributed by atoms with Crippen LogP contribution in [-0.4, -0.2) is 66.5 Å². The number of carbonyl (C=O) groups is 3. The van der Waals surface area contributed by atoms with E-state index in [9.17, 15) is 28.9 Å². The lowest BCUT2D eigenvalue weighted by Crippen LogP contribution is -2.30. The Morgan fingerprint density at radius 1 is 0.439 bits per heavy atom. The molecule has 66 heavy (non-hydrogen) atoms. The molecule has 3 atom stereocenters. The molecule has 0 aliphatic heterocycles. The van der Waals surface area contributed by atoms with Crippen molar-refractivity contribution in [2.24, 2.45) is 0 Å². The van der Waals surface area contributed by atoms with Gasteiger partial charge in [0.2, 0.25) is 0 Å². The molecule has 0 aromatic heterocycles. The lowest BCUT2D eigenvalue weighted by atomic mass is 10.1. The molecule has 378 valence electrons. The van der Waals surface area contributed by atoms with Gasteiger partial charge in [-0.15, -0.1) is 0 Å². The summed E-state index contributed by atoms with van der Waals surface area (Å²) >= 11 is 0. The smallest absolute Gasteiger partial charge is 0.462 e. The van der Waals surface area contributed by atoms with Crippen LogP contribution in [0.4, 0.5) is 0 Å². The van der Waals surface area contributed by atoms with Gasteiger partial charge in [0.25, 0.3) is 0 Å². The molecule has 3 unspecified atom stereocenters. The van der Waals surface area contributed by atoms with Crippen molar-refractivity contribution >= 4 is 25.7 Å². The summed E-state index contributed by atoms with van der Waals surface area (Å²) in [6, 6.07) is 0. The molecule has 2 N–H and O–H groups in total. The van der Waals surface area contributed by atoms with Crippen molar-refractivity contribution in [2.75, 3.05) is 26.4 Å². The van der Waals surface area contributed by atoms with Gasteiger partial charge in [-0.05, 0) is 77.0 Å². The molecule has 0 rings (SSSR count). The fraction of sp³-hybridized carbons (Fsp3) is 0.685. The third kappa shape index (κ3) is 45.8. The van der Waals surface area contributed by atoms with Crippen LogP contribution in [0.1, 0.15) is 201 Å². The Kier molecular flexibility index (Phi) is 45.7. The van der Waals surface area contributed by atoms with Gasteiger partial charge < -0.3 is 24.2 Å². The lowest BCUT2D eigenvalue weighted by Gasteiger charge is -2.21. The van der Waals surface area contributed by atoms with E-state index in [1.807, 2.05) is 12.2 Å². The Hall–Kier alpha value is -3.34. The second kappa shape index (κ2) is 48.1. The second-order valence-corrected chi connectivity index (χ2v) is 18.1. The van der Waals surface area contributed by atoms with Gasteiger partial charge in [-0.1, -0.05) is 189 Å². The molecule has 0 aromatic rings. The summed E-state index contributed by atoms with van der Waals surface area (Å²) in [5, 5.41) is 9.73. The van der Waals surface area contributed by atoms with E-state index in [1.165, 1.54) is 44.9 Å². The minimum absolute atomic E-state index is 0.0974. The van der Waals surface area contributed by atoms with E-state index in [0.717, 1.165) is 96.3 Å². The van der Waals surface area contributed by atoms with Crippen LogP contribution < -0.4 is 0 Å². The zero-order valence-corrected chi connectivity index (χ0v) is 42.3. The van der Waals surface area contributed by atoms with Crippen LogP contribution in [0.2, 0.25) is 0 Å². The van der Waals surface area contributed by atoms with Crippen molar-refractivity contribution in [2.45, 2.75) is 213 Å². The van der Waals surface area contributed by atoms with Gasteiger partial charge in [0.15, 0.2) is 6.10 Å². The zero-order valence-electron chi connectivity index (χ0n) is 41.4. The van der Waals surface area contributed by atoms with Crippen LogP contribution in [-0.2, 0) is 42.2 Å². The Labute approximate surface area is 400 Å². The van der Waals surface area contributed by atoms with E-state index < -0.39 is 57.8 Å². The molecule has 0 fully saturated rings. The number of hydrogen-bond donors (Lipinski definition) is 2. The summed E-state index contributed by atoms with van der Waals surface area (Å²) in [6.07, 6.45) is 53.0. The second-order valence-electron chi connectivity index (χ2n) is 16.6. The number of aliphatic hydroxyl groups is 1. The van der Waals surface area contributed by atoms with Gasteiger partial charge in [0.1, 0.15) is 12.7 Å². The Morgan fingerprint density at radius 3 is 1.32 bits per heavy atom. The third-order valence-corrected chi connectivity index (χ3v) is 11.3. The topological polar surface area (TPSA) is 155 Å². The molecule has 0 saturated carbocycles. The molecule has 0 radical (unpaired) electrons. The largest absolute Gasteiger partial charge is 0.472 e. The number of rotatable bonds is 46. The van der Waals surface area contributed by atoms with Crippen LogP contribution in [0.5, 0.6) is 0 Å². The highest BCUT2D eigenvalue weighted by molar-refractivity contribution is 7.47. The normalized spacial score (nSPS) is 14.2. The first kappa shape index (κ1) is 62.7. The predicted molar refractivity (Wildman–Crippen MR) is 270 cm³/mol. The molecular formula is C54H91O11P. The summed E-state index contributed by atoms with van der Waals surface area (Å²) < 4.78 is 39.1. The van der Waals surface area contributed by atoms with E-state index in [0.29, 0.717) is 19.3 Å². The SMILES string of the molecule is CC/C=C\C/C=C\C/C=C\C/C=C\C/C=C\C/C=C\CCC(=O)OCC(COP(=O)(O)OCC(CO)OC(=O)CCCCCCCCCCC)OC(=O)CCCCCCC/C=C\CCCC. The number of carbonyl (C=O) groups excluding carboxylic acids is 3. The van der Waals surface area contributed by atoms with Gasteiger partial charge in [-0.2, -0.15) is 0 Å². The number of allylic oxidation sites excluding steroid dienone is 14. The minimum atomic E-state index is -4.75. The first-order chi connectivity index (χ1) is 32.2. The molecule has 0 bridgehead atoms. The van der Waals surface area contributed by atoms with Gasteiger partial charge in [0.05, 0.1) is 19.8 Å². The summed E-state index contributed by atoms with van der Waals surface area (Å²) in [4.78, 5) is 48.1. The van der Waals surface area contributed by atoms with Crippen LogP contribution in [0.15, 0.2) is 85.1 Å². The average Bonchev–Trinajstić information content (AvgIpc) is 3.30. The number of esters is 3. The van der Waals surface area contributed by atoms with Crippen LogP contribution in [0.25, 0.3) is 0 Å². The Bertz CT molecular complexity index is 1430. The summed E-state index contributed by atoms with van der Waals surface area (Å²) in [5.41, 5.74) is 0. The van der Waals surface area contributed by atoms with E-state index in [-0.39, 0.29) is 25.9 Å². The highest BCUT2D eigenvalue weighted by Gasteiger charge is 2.28. The van der Waals surface area contributed by atoms with Crippen molar-refractivity contribution < 1.29 is 52.2 Å². The van der Waals surface area contributed by atoms with Crippen LogP contribution >= 0.6 is 7.82 Å². The number of aliphatic hydroxyl groups excluding tert-OH is 1. The standard InChI is InChI=1S/C54H91O11P/c1-4-7-10-13-16-19-21-22-23-24-25-26-27-28-30-32-34-37-40-43-52(56)61-47-51(65-54(58)45-42-39-36-33-29-20-17-14-11-8-5-2)49-63-66(59,60)62-48-50(46-55)64-53(57)44-41-38-35-31-18-15-12-9-6-3/h7,10,14,16-17,19,22-23,25-26,28,30,34,37,50-51,55H,4-6,8-9,11-13,15,18,20-21,24,27,29,31-33,35-36,38-49H2,1-3H3,(H,59,60)/b10-7-,17-14-,19-16-,23-22-,26-25-,30-28-,37-34-. The molecule has 12 heteroatoms. The third-order valence-electron chi connectivity index (χ3n) is 10.3. The Morgan fingerprint density at radius 2 is 0.833 bits per heavy atom. The predicted octanol–water partition coefficient (Wildman–Crippen LogP) is 14.4. The number of hydrogen-bond acceptors (Lipinski definition) is 10. The van der Waals surface area contributed by atoms with Crippen molar-refractivity contribution in [1.29, 1.82) is 0 Å². The van der Waals surface area contributed by atoms with Gasteiger partial charge >= 0.3 is 25.7 Å². The van der Waals surface area contributed by atoms with E-state index in [1.54, 1.807) is 0 Å². The van der Waals surface area contributed by atoms with Crippen molar-refractivity contribution in [3.8, 4) is 0 Å². The summed E-state index contributed by atoms with van der Waals surface area (Å²) in [6.45, 7) is 4.34. The molecular weight excluding hydrogens is 856 g/mol. The minimum Gasteiger partial charge on any atom is -0.462 e. The number of phosphoric ester groups is 1. The van der Waals surface area contributed by atoms with Crippen molar-refractivity contribution in [3.05, 3.63) is 85.1 Å². The van der Waals surface area contributed by atoms with Gasteiger partial charge in [-0.3, -0.25) is 23.4 Å². The highest BCUT2D eigenvalue weighted by atomic mass is 31.2. The maximum Gasteiger partial charge on any atom is 0.472 e. The highest BCUT2D eigenvalue weighted by Crippen LogP contribution is 2.43. The number of ether oxygens (including phenoxy) is 3. The first-order valence-corrected chi connectivity index (χ1v) is 27.0. The Balaban J connectivity index is 4.84. The maximum atomic E-state index is 12.8. The molecule has 11 nitrogen and oxygen atoms in total. The molecule has 0 amide bonds. The fourth-order valence-electron chi connectivity index (χ4n) is 6.42. The van der Waals surface area contributed by atoms with Crippen molar-refractivity contribution in [3.63, 3.8) is 0 Å². The molecule has 0 saturated heterocycles. The van der Waals surface area contributed by atoms with E-state index in [2.05, 4.69) is 93.7 Å². The molecule has 0 heterocycles. The number of phosphoric acid groups is 1. The summed E-state index contributed by atoms with van der Waals surface area (Å²) in [7, 11) is -4.75. The van der Waals surface area contributed by atoms with E-state index >= 15 is 0 Å². The van der Waals surface area contributed by atoms with Crippen molar-refractivity contribution in [1.82, 2.24) is 0 Å². The van der Waals surface area contributed by atoms with Crippen LogP contribution in [0, 0.1) is 0 Å². The van der Waals surface area contributed by atoms with Crippen LogP contribution in [0.3, 0.4) is 0 Å². The molecule has 0 spiro atoms. The monoisotopic (exact) mass is 947 g/mol. The fourth-order valence-corrected chi connectivity index (χ4v) is 7.20. The van der Waals surface area contributed by atoms with Gasteiger partial charge in [0, 0.05) is 19.3 Å². The maximum absolute atomic E-state index is 12.8. The summed E-state index contributed by atoms with van der Waals surface area (Å²) in [5.74, 6) is -1.59.